The Bertz CT molecular complexity index is 148. The lowest BCUT2D eigenvalue weighted by Crippen LogP contribution is -2.47. The van der Waals surface area contributed by atoms with Gasteiger partial charge in [0.2, 0.25) is 0 Å². The molecule has 2 aliphatic rings. The van der Waals surface area contributed by atoms with Crippen LogP contribution in [0.15, 0.2) is 0 Å². The summed E-state index contributed by atoms with van der Waals surface area (Å²) in [6.07, 6.45) is 2.38. The summed E-state index contributed by atoms with van der Waals surface area (Å²) in [4.78, 5) is 0. The maximum absolute atomic E-state index is 5.99. The zero-order chi connectivity index (χ0) is 7.73. The van der Waals surface area contributed by atoms with E-state index in [4.69, 9.17) is 10.5 Å². The Morgan fingerprint density at radius 2 is 2.00 bits per heavy atom. The number of rotatable bonds is 0. The van der Waals surface area contributed by atoms with Crippen molar-refractivity contribution in [3.8, 4) is 0 Å². The van der Waals surface area contributed by atoms with Gasteiger partial charge in [0, 0.05) is 11.5 Å². The molecule has 2 rings (SSSR count). The number of nitrogens with one attached hydrogen (secondary N) is 1. The summed E-state index contributed by atoms with van der Waals surface area (Å²) in [5, 5.41) is 3.35. The van der Waals surface area contributed by atoms with Gasteiger partial charge in [-0.15, -0.1) is 12.4 Å². The quantitative estimate of drug-likeness (QED) is 0.574. The number of piperidine rings is 1. The molecule has 3 N–H and O–H groups in total. The van der Waals surface area contributed by atoms with Crippen molar-refractivity contribution in [3.05, 3.63) is 0 Å². The molecule has 0 aromatic carbocycles. The van der Waals surface area contributed by atoms with E-state index in [1.165, 1.54) is 12.8 Å². The van der Waals surface area contributed by atoms with Crippen LogP contribution in [0, 0.1) is 5.41 Å². The maximum atomic E-state index is 5.99. The van der Waals surface area contributed by atoms with Crippen molar-refractivity contribution < 1.29 is 4.74 Å². The minimum absolute atomic E-state index is 0. The number of halogens is 1. The van der Waals surface area contributed by atoms with E-state index in [-0.39, 0.29) is 18.4 Å². The summed E-state index contributed by atoms with van der Waals surface area (Å²) in [6, 6.07) is 0.282. The number of nitrogens with two attached hydrogens (primary N) is 1. The molecule has 2 fully saturated rings. The molecule has 0 amide bonds. The fourth-order valence-electron chi connectivity index (χ4n) is 2.11. The van der Waals surface area contributed by atoms with Crippen LogP contribution >= 0.6 is 12.4 Å². The molecule has 72 valence electrons. The molecular weight excluding hydrogens is 176 g/mol. The molecule has 0 saturated carbocycles. The number of ether oxygens (including phenoxy) is 1. The van der Waals surface area contributed by atoms with Crippen molar-refractivity contribution in [2.45, 2.75) is 18.9 Å². The first kappa shape index (κ1) is 10.3. The maximum Gasteiger partial charge on any atom is 0.0624 e. The van der Waals surface area contributed by atoms with Crippen molar-refractivity contribution in [2.24, 2.45) is 11.1 Å². The molecule has 4 heteroatoms. The molecule has 0 radical (unpaired) electrons. The molecule has 2 saturated heterocycles. The summed E-state index contributed by atoms with van der Waals surface area (Å²) < 4.78 is 5.40. The molecule has 0 aromatic heterocycles. The molecule has 1 atom stereocenters. The minimum atomic E-state index is 0. The average Bonchev–Trinajstić information content (AvgIpc) is 2.36. The SMILES string of the molecule is Cl.N[C@@H]1COCC12CCNCC2. The fourth-order valence-corrected chi connectivity index (χ4v) is 2.11. The standard InChI is InChI=1S/C8H16N2O.ClH/c9-7-5-11-6-8(7)1-3-10-4-2-8;/h7,10H,1-6,9H2;1H/t7-;/m1./s1. The zero-order valence-corrected chi connectivity index (χ0v) is 8.03. The predicted octanol–water partition coefficient (Wildman–Crippen LogP) is 0.135. The van der Waals surface area contributed by atoms with Gasteiger partial charge in [-0.2, -0.15) is 0 Å². The van der Waals surface area contributed by atoms with Gasteiger partial charge in [0.15, 0.2) is 0 Å². The van der Waals surface area contributed by atoms with Gasteiger partial charge >= 0.3 is 0 Å². The Morgan fingerprint density at radius 1 is 1.33 bits per heavy atom. The van der Waals surface area contributed by atoms with Gasteiger partial charge in [0.25, 0.3) is 0 Å². The van der Waals surface area contributed by atoms with Crippen LogP contribution in [0.2, 0.25) is 0 Å². The van der Waals surface area contributed by atoms with E-state index in [9.17, 15) is 0 Å². The third kappa shape index (κ3) is 1.59. The van der Waals surface area contributed by atoms with Crippen LogP contribution in [0.1, 0.15) is 12.8 Å². The molecule has 2 aliphatic heterocycles. The topological polar surface area (TPSA) is 47.3 Å². The third-order valence-corrected chi connectivity index (χ3v) is 3.07. The van der Waals surface area contributed by atoms with Crippen LogP contribution in [0.5, 0.6) is 0 Å². The lowest BCUT2D eigenvalue weighted by molar-refractivity contribution is 0.126. The highest BCUT2D eigenvalue weighted by atomic mass is 35.5. The molecule has 0 bridgehead atoms. The van der Waals surface area contributed by atoms with Crippen LogP contribution in [-0.2, 0) is 4.74 Å². The van der Waals surface area contributed by atoms with E-state index in [0.717, 1.165) is 26.3 Å². The predicted molar refractivity (Wildman–Crippen MR) is 50.6 cm³/mol. The summed E-state index contributed by atoms with van der Waals surface area (Å²) in [7, 11) is 0. The van der Waals surface area contributed by atoms with Crippen molar-refractivity contribution in [3.63, 3.8) is 0 Å². The molecule has 3 nitrogen and oxygen atoms in total. The van der Waals surface area contributed by atoms with Gasteiger partial charge < -0.3 is 15.8 Å². The summed E-state index contributed by atoms with van der Waals surface area (Å²) >= 11 is 0. The fraction of sp³-hybridized carbons (Fsp3) is 1.00. The molecule has 1 spiro atoms. The van der Waals surface area contributed by atoms with Crippen molar-refractivity contribution in [1.82, 2.24) is 5.32 Å². The van der Waals surface area contributed by atoms with Crippen molar-refractivity contribution in [2.75, 3.05) is 26.3 Å². The summed E-state index contributed by atoms with van der Waals surface area (Å²) in [5.74, 6) is 0. The Labute approximate surface area is 79.4 Å². The van der Waals surface area contributed by atoms with Gasteiger partial charge in [-0.3, -0.25) is 0 Å². The van der Waals surface area contributed by atoms with Crippen LogP contribution in [0.4, 0.5) is 0 Å². The van der Waals surface area contributed by atoms with E-state index >= 15 is 0 Å². The Kier molecular flexibility index (Phi) is 3.35. The number of hydrogen-bond donors (Lipinski definition) is 2. The van der Waals surface area contributed by atoms with Crippen molar-refractivity contribution >= 4 is 12.4 Å². The first-order chi connectivity index (χ1) is 5.33. The summed E-state index contributed by atoms with van der Waals surface area (Å²) in [6.45, 7) is 3.87. The van der Waals surface area contributed by atoms with E-state index in [1.807, 2.05) is 0 Å². The Hall–Kier alpha value is 0.170. The molecule has 0 unspecified atom stereocenters. The highest BCUT2D eigenvalue weighted by Gasteiger charge is 2.42. The Morgan fingerprint density at radius 3 is 2.50 bits per heavy atom. The highest BCUT2D eigenvalue weighted by Crippen LogP contribution is 2.36. The second-order valence-corrected chi connectivity index (χ2v) is 3.73. The van der Waals surface area contributed by atoms with Gasteiger partial charge in [-0.1, -0.05) is 0 Å². The van der Waals surface area contributed by atoms with E-state index in [2.05, 4.69) is 5.32 Å². The monoisotopic (exact) mass is 192 g/mol. The van der Waals surface area contributed by atoms with Crippen LogP contribution in [0.3, 0.4) is 0 Å². The largest absolute Gasteiger partial charge is 0.379 e. The van der Waals surface area contributed by atoms with E-state index in [0.29, 0.717) is 5.41 Å². The van der Waals surface area contributed by atoms with Gasteiger partial charge in [0.1, 0.15) is 0 Å². The van der Waals surface area contributed by atoms with Gasteiger partial charge in [-0.25, -0.2) is 0 Å². The molecule has 2 heterocycles. The first-order valence-electron chi connectivity index (χ1n) is 4.38. The zero-order valence-electron chi connectivity index (χ0n) is 7.21. The molecule has 12 heavy (non-hydrogen) atoms. The lowest BCUT2D eigenvalue weighted by Gasteiger charge is -2.35. The third-order valence-electron chi connectivity index (χ3n) is 3.07. The molecule has 0 aromatic rings. The smallest absolute Gasteiger partial charge is 0.0624 e. The second kappa shape index (κ2) is 3.92. The average molecular weight is 193 g/mol. The first-order valence-corrected chi connectivity index (χ1v) is 4.38. The number of hydrogen-bond acceptors (Lipinski definition) is 3. The molecule has 0 aliphatic carbocycles. The van der Waals surface area contributed by atoms with Crippen molar-refractivity contribution in [1.29, 1.82) is 0 Å². The highest BCUT2D eigenvalue weighted by molar-refractivity contribution is 5.85. The normalized spacial score (nSPS) is 33.2. The van der Waals surface area contributed by atoms with Gasteiger partial charge in [-0.05, 0) is 25.9 Å². The van der Waals surface area contributed by atoms with Crippen LogP contribution in [-0.4, -0.2) is 32.3 Å². The van der Waals surface area contributed by atoms with Crippen LogP contribution < -0.4 is 11.1 Å². The minimum Gasteiger partial charge on any atom is -0.379 e. The van der Waals surface area contributed by atoms with Crippen LogP contribution in [0.25, 0.3) is 0 Å². The summed E-state index contributed by atoms with van der Waals surface area (Å²) in [5.41, 5.74) is 6.32. The lowest BCUT2D eigenvalue weighted by atomic mass is 9.75. The van der Waals surface area contributed by atoms with E-state index < -0.39 is 0 Å². The van der Waals surface area contributed by atoms with E-state index in [1.54, 1.807) is 0 Å². The molecular formula is C8H17ClN2O. The second-order valence-electron chi connectivity index (χ2n) is 3.73. The Balaban J connectivity index is 0.000000720. The van der Waals surface area contributed by atoms with Gasteiger partial charge in [0.05, 0.1) is 13.2 Å².